The van der Waals surface area contributed by atoms with Gasteiger partial charge in [0.25, 0.3) is 0 Å². The highest BCUT2D eigenvalue weighted by Gasteiger charge is 2.54. The highest BCUT2D eigenvalue weighted by molar-refractivity contribution is 5.86. The van der Waals surface area contributed by atoms with Crippen LogP contribution >= 0.6 is 0 Å². The zero-order valence-electron chi connectivity index (χ0n) is 12.0. The van der Waals surface area contributed by atoms with Crippen LogP contribution in [0.3, 0.4) is 0 Å². The fraction of sp³-hybridized carbons (Fsp3) is 0.800. The van der Waals surface area contributed by atoms with Crippen molar-refractivity contribution in [2.24, 2.45) is 23.7 Å². The summed E-state index contributed by atoms with van der Waals surface area (Å²) in [5.41, 5.74) is -1.13. The molecule has 0 saturated heterocycles. The number of hydrogen-bond acceptors (Lipinski definition) is 4. The van der Waals surface area contributed by atoms with E-state index >= 15 is 0 Å². The van der Waals surface area contributed by atoms with Crippen molar-refractivity contribution in [3.05, 3.63) is 11.6 Å². The summed E-state index contributed by atoms with van der Waals surface area (Å²) in [5, 5.41) is 39.5. The minimum atomic E-state index is -1.52. The van der Waals surface area contributed by atoms with Gasteiger partial charge in [0.05, 0.1) is 12.7 Å². The number of aliphatic hydroxyl groups excluding tert-OH is 2. The van der Waals surface area contributed by atoms with Gasteiger partial charge in [0.2, 0.25) is 0 Å². The van der Waals surface area contributed by atoms with Gasteiger partial charge in [0.1, 0.15) is 5.60 Å². The van der Waals surface area contributed by atoms with E-state index in [1.54, 1.807) is 6.08 Å². The van der Waals surface area contributed by atoms with E-state index in [1.165, 1.54) is 0 Å². The summed E-state index contributed by atoms with van der Waals surface area (Å²) in [6.45, 7) is 3.59. The van der Waals surface area contributed by atoms with E-state index in [0.29, 0.717) is 24.8 Å². The van der Waals surface area contributed by atoms with Crippen molar-refractivity contribution in [1.82, 2.24) is 0 Å². The molecule has 20 heavy (non-hydrogen) atoms. The van der Waals surface area contributed by atoms with Gasteiger partial charge < -0.3 is 20.4 Å². The highest BCUT2D eigenvalue weighted by atomic mass is 16.4. The molecule has 5 atom stereocenters. The maximum Gasteiger partial charge on any atom is 0.331 e. The molecule has 2 rings (SSSR count). The molecule has 1 fully saturated rings. The van der Waals surface area contributed by atoms with Crippen LogP contribution in [0.2, 0.25) is 0 Å². The zero-order chi connectivity index (χ0) is 15.1. The lowest BCUT2D eigenvalue weighted by Gasteiger charge is -2.52. The molecule has 0 spiro atoms. The third kappa shape index (κ3) is 2.38. The van der Waals surface area contributed by atoms with Gasteiger partial charge in [-0.2, -0.15) is 0 Å². The minimum absolute atomic E-state index is 0.101. The van der Waals surface area contributed by atoms with E-state index in [9.17, 15) is 20.1 Å². The first-order chi connectivity index (χ1) is 9.31. The Morgan fingerprint density at radius 3 is 2.65 bits per heavy atom. The summed E-state index contributed by atoms with van der Waals surface area (Å²) in [7, 11) is 0. The van der Waals surface area contributed by atoms with Crippen LogP contribution < -0.4 is 0 Å². The second-order valence-corrected chi connectivity index (χ2v) is 6.53. The Morgan fingerprint density at radius 1 is 1.50 bits per heavy atom. The Kier molecular flexibility index (Phi) is 4.23. The van der Waals surface area contributed by atoms with Crippen LogP contribution in [0.15, 0.2) is 11.6 Å². The quantitative estimate of drug-likeness (QED) is 0.614. The van der Waals surface area contributed by atoms with Crippen LogP contribution in [-0.2, 0) is 4.79 Å². The lowest BCUT2D eigenvalue weighted by atomic mass is 9.57. The summed E-state index contributed by atoms with van der Waals surface area (Å²) in [6.07, 6.45) is 2.03. The molecule has 0 radical (unpaired) electrons. The van der Waals surface area contributed by atoms with Crippen molar-refractivity contribution in [1.29, 1.82) is 0 Å². The molecular formula is C15H24O5. The van der Waals surface area contributed by atoms with Crippen LogP contribution in [-0.4, -0.2) is 44.7 Å². The smallest absolute Gasteiger partial charge is 0.331 e. The molecule has 0 heterocycles. The van der Waals surface area contributed by atoms with Crippen molar-refractivity contribution in [3.8, 4) is 0 Å². The standard InChI is InChI=1S/C15H24O5/c1-8(2)10-6-13(17)15(20,7-16)12-4-3-9(14(18)19)5-11(10)12/h5,8,10-13,16-17,20H,3-4,6-7H2,1-2H3,(H,18,19)/t10-,11-,12+,13+,15-/m1/s1. The van der Waals surface area contributed by atoms with E-state index < -0.39 is 24.3 Å². The van der Waals surface area contributed by atoms with Gasteiger partial charge in [-0.15, -0.1) is 0 Å². The molecule has 0 aromatic rings. The number of aliphatic carboxylic acids is 1. The summed E-state index contributed by atoms with van der Waals surface area (Å²) in [6, 6.07) is 0. The SMILES string of the molecule is CC(C)[C@H]1C[C@H](O)[C@@](O)(CO)[C@H]2CCC(C(=O)O)=C[C@H]12. The summed E-state index contributed by atoms with van der Waals surface area (Å²) < 4.78 is 0. The van der Waals surface area contributed by atoms with Gasteiger partial charge in [-0.1, -0.05) is 19.9 Å². The van der Waals surface area contributed by atoms with Crippen molar-refractivity contribution in [2.45, 2.75) is 44.8 Å². The third-order valence-corrected chi connectivity index (χ3v) is 5.18. The fourth-order valence-electron chi connectivity index (χ4n) is 3.92. The van der Waals surface area contributed by atoms with Crippen molar-refractivity contribution >= 4 is 5.97 Å². The van der Waals surface area contributed by atoms with Crippen LogP contribution in [0.4, 0.5) is 0 Å². The maximum atomic E-state index is 11.2. The molecule has 0 aromatic carbocycles. The van der Waals surface area contributed by atoms with Gasteiger partial charge >= 0.3 is 5.97 Å². The Hall–Kier alpha value is -0.910. The van der Waals surface area contributed by atoms with Gasteiger partial charge in [-0.3, -0.25) is 0 Å². The average molecular weight is 284 g/mol. The average Bonchev–Trinajstić information content (AvgIpc) is 2.41. The number of fused-ring (bicyclic) bond motifs is 1. The molecular weight excluding hydrogens is 260 g/mol. The molecule has 5 heteroatoms. The molecule has 0 aromatic heterocycles. The van der Waals surface area contributed by atoms with Gasteiger partial charge in [-0.05, 0) is 42.9 Å². The van der Waals surface area contributed by atoms with E-state index in [4.69, 9.17) is 5.11 Å². The maximum absolute atomic E-state index is 11.2. The molecule has 0 amide bonds. The third-order valence-electron chi connectivity index (χ3n) is 5.18. The van der Waals surface area contributed by atoms with Crippen LogP contribution in [0.5, 0.6) is 0 Å². The van der Waals surface area contributed by atoms with E-state index in [2.05, 4.69) is 0 Å². The highest BCUT2D eigenvalue weighted by Crippen LogP contribution is 2.49. The van der Waals surface area contributed by atoms with E-state index in [0.717, 1.165) is 0 Å². The van der Waals surface area contributed by atoms with Crippen LogP contribution in [0.25, 0.3) is 0 Å². The Balaban J connectivity index is 2.40. The number of aliphatic hydroxyl groups is 3. The summed E-state index contributed by atoms with van der Waals surface area (Å²) >= 11 is 0. The number of carboxylic acids is 1. The van der Waals surface area contributed by atoms with E-state index in [-0.39, 0.29) is 23.7 Å². The van der Waals surface area contributed by atoms with Crippen LogP contribution in [0.1, 0.15) is 33.1 Å². The van der Waals surface area contributed by atoms with Gasteiger partial charge in [0.15, 0.2) is 0 Å². The first-order valence-electron chi connectivity index (χ1n) is 7.26. The molecule has 2 aliphatic carbocycles. The normalized spacial score (nSPS) is 41.2. The number of rotatable bonds is 3. The Morgan fingerprint density at radius 2 is 2.15 bits per heavy atom. The number of carboxylic acid groups (broad SMARTS) is 1. The number of carbonyl (C=O) groups is 1. The second kappa shape index (κ2) is 5.47. The molecule has 5 nitrogen and oxygen atoms in total. The summed E-state index contributed by atoms with van der Waals surface area (Å²) in [4.78, 5) is 11.2. The zero-order valence-corrected chi connectivity index (χ0v) is 12.0. The first kappa shape index (κ1) is 15.5. The Bertz CT molecular complexity index is 416. The number of allylic oxidation sites excluding steroid dienone is 1. The molecule has 114 valence electrons. The van der Waals surface area contributed by atoms with Crippen molar-refractivity contribution in [2.75, 3.05) is 6.61 Å². The first-order valence-corrected chi connectivity index (χ1v) is 7.26. The van der Waals surface area contributed by atoms with E-state index in [1.807, 2.05) is 13.8 Å². The topological polar surface area (TPSA) is 98.0 Å². The molecule has 4 N–H and O–H groups in total. The lowest BCUT2D eigenvalue weighted by molar-refractivity contribution is -0.190. The monoisotopic (exact) mass is 284 g/mol. The largest absolute Gasteiger partial charge is 0.478 e. The molecule has 0 unspecified atom stereocenters. The number of hydrogen-bond donors (Lipinski definition) is 4. The van der Waals surface area contributed by atoms with Gasteiger partial charge in [0, 0.05) is 5.57 Å². The Labute approximate surface area is 118 Å². The molecule has 0 bridgehead atoms. The summed E-state index contributed by atoms with van der Waals surface area (Å²) in [5.74, 6) is -0.895. The van der Waals surface area contributed by atoms with Gasteiger partial charge in [-0.25, -0.2) is 4.79 Å². The molecule has 1 saturated carbocycles. The molecule has 2 aliphatic rings. The predicted octanol–water partition coefficient (Wildman–Crippen LogP) is 0.784. The van der Waals surface area contributed by atoms with Crippen LogP contribution in [0, 0.1) is 23.7 Å². The second-order valence-electron chi connectivity index (χ2n) is 6.53. The lowest BCUT2D eigenvalue weighted by Crippen LogP contribution is -2.60. The minimum Gasteiger partial charge on any atom is -0.478 e. The van der Waals surface area contributed by atoms with Crippen molar-refractivity contribution in [3.63, 3.8) is 0 Å². The fourth-order valence-corrected chi connectivity index (χ4v) is 3.92. The predicted molar refractivity (Wildman–Crippen MR) is 72.9 cm³/mol. The molecule has 0 aliphatic heterocycles. The van der Waals surface area contributed by atoms with Crippen molar-refractivity contribution < 1.29 is 25.2 Å².